The molecule has 3 rings (SSSR count). The van der Waals surface area contributed by atoms with E-state index in [1.165, 1.54) is 6.07 Å². The van der Waals surface area contributed by atoms with Gasteiger partial charge in [-0.3, -0.25) is 10.1 Å². The molecule has 2 atom stereocenters. The number of non-ortho nitro benzene ring substituents is 1. The first kappa shape index (κ1) is 14.1. The van der Waals surface area contributed by atoms with E-state index < -0.39 is 4.92 Å². The Morgan fingerprint density at radius 2 is 2.19 bits per heavy atom. The molecule has 1 aromatic rings. The van der Waals surface area contributed by atoms with Gasteiger partial charge in [0.15, 0.2) is 0 Å². The van der Waals surface area contributed by atoms with Gasteiger partial charge in [0, 0.05) is 12.1 Å². The van der Waals surface area contributed by atoms with Crippen LogP contribution in [-0.4, -0.2) is 34.3 Å². The van der Waals surface area contributed by atoms with Crippen molar-refractivity contribution in [2.75, 3.05) is 11.4 Å². The lowest BCUT2D eigenvalue weighted by Gasteiger charge is -2.44. The van der Waals surface area contributed by atoms with Crippen LogP contribution in [0.5, 0.6) is 5.75 Å². The highest BCUT2D eigenvalue weighted by atomic mass is 16.6. The molecule has 0 unspecified atom stereocenters. The van der Waals surface area contributed by atoms with E-state index in [1.54, 1.807) is 12.1 Å². The van der Waals surface area contributed by atoms with Crippen LogP contribution in [0.4, 0.5) is 11.4 Å². The second-order valence-electron chi connectivity index (χ2n) is 6.46. The maximum atomic E-state index is 11.0. The number of nitro benzene ring substituents is 1. The molecule has 1 N–H and O–H groups in total. The molecule has 1 aromatic carbocycles. The molecule has 1 fully saturated rings. The summed E-state index contributed by atoms with van der Waals surface area (Å²) in [6, 6.07) is 4.68. The van der Waals surface area contributed by atoms with Gasteiger partial charge >= 0.3 is 0 Å². The summed E-state index contributed by atoms with van der Waals surface area (Å²) in [5, 5.41) is 21.2. The van der Waals surface area contributed by atoms with Crippen LogP contribution in [0.1, 0.15) is 33.1 Å². The fourth-order valence-corrected chi connectivity index (χ4v) is 3.34. The maximum absolute atomic E-state index is 11.0. The Bertz CT molecular complexity index is 573. The number of benzene rings is 1. The zero-order valence-electron chi connectivity index (χ0n) is 12.3. The molecule has 1 heterocycles. The molecule has 0 aromatic heterocycles. The summed E-state index contributed by atoms with van der Waals surface area (Å²) in [5.41, 5.74) is 0.384. The van der Waals surface area contributed by atoms with Crippen LogP contribution in [0.3, 0.4) is 0 Å². The molecule has 0 radical (unpaired) electrons. The van der Waals surface area contributed by atoms with E-state index in [0.717, 1.165) is 24.9 Å². The van der Waals surface area contributed by atoms with Crippen molar-refractivity contribution < 1.29 is 14.8 Å². The Hall–Kier alpha value is -1.82. The summed E-state index contributed by atoms with van der Waals surface area (Å²) in [5.74, 6) is 0.649. The fraction of sp³-hybridized carbons (Fsp3) is 0.600. The number of nitro groups is 1. The summed E-state index contributed by atoms with van der Waals surface area (Å²) in [6.45, 7) is 4.60. The molecule has 1 saturated carbocycles. The summed E-state index contributed by atoms with van der Waals surface area (Å²) < 4.78 is 5.93. The lowest BCUT2D eigenvalue weighted by atomic mass is 10.0. The number of aliphatic hydroxyl groups excluding tert-OH is 1. The predicted octanol–water partition coefficient (Wildman–Crippen LogP) is 2.49. The standard InChI is InChI=1S/C15H20N2O4/c1-15(2)9-16(11-4-3-5-13(11)18)12-8-10(17(19)20)6-7-14(12)21-15/h6-8,11,13,18H,3-5,9H2,1-2H3/t11-,13-/m0/s1. The second kappa shape index (κ2) is 4.87. The molecule has 0 amide bonds. The van der Waals surface area contributed by atoms with Crippen molar-refractivity contribution in [2.24, 2.45) is 0 Å². The Morgan fingerprint density at radius 1 is 1.43 bits per heavy atom. The molecule has 114 valence electrons. The van der Waals surface area contributed by atoms with Crippen molar-refractivity contribution in [1.82, 2.24) is 0 Å². The first-order valence-corrected chi connectivity index (χ1v) is 7.29. The van der Waals surface area contributed by atoms with Gasteiger partial charge in [-0.05, 0) is 39.2 Å². The number of rotatable bonds is 2. The number of fused-ring (bicyclic) bond motifs is 1. The Kier molecular flexibility index (Phi) is 3.28. The van der Waals surface area contributed by atoms with Gasteiger partial charge in [-0.2, -0.15) is 0 Å². The smallest absolute Gasteiger partial charge is 0.271 e. The minimum atomic E-state index is -0.400. The van der Waals surface area contributed by atoms with Crippen LogP contribution in [0.25, 0.3) is 0 Å². The molecule has 1 aliphatic heterocycles. The average molecular weight is 292 g/mol. The lowest BCUT2D eigenvalue weighted by molar-refractivity contribution is -0.384. The monoisotopic (exact) mass is 292 g/mol. The molecule has 6 heteroatoms. The number of hydrogen-bond donors (Lipinski definition) is 1. The van der Waals surface area contributed by atoms with E-state index in [1.807, 2.05) is 13.8 Å². The number of hydrogen-bond acceptors (Lipinski definition) is 5. The zero-order chi connectivity index (χ0) is 15.2. The van der Waals surface area contributed by atoms with Gasteiger partial charge in [-0.25, -0.2) is 0 Å². The van der Waals surface area contributed by atoms with Gasteiger partial charge in [0.2, 0.25) is 0 Å². The van der Waals surface area contributed by atoms with Crippen molar-refractivity contribution in [1.29, 1.82) is 0 Å². The summed E-state index contributed by atoms with van der Waals surface area (Å²) in [4.78, 5) is 12.7. The van der Waals surface area contributed by atoms with Gasteiger partial charge < -0.3 is 14.7 Å². The van der Waals surface area contributed by atoms with E-state index in [2.05, 4.69) is 4.90 Å². The molecule has 0 saturated heterocycles. The third-order valence-electron chi connectivity index (χ3n) is 4.24. The van der Waals surface area contributed by atoms with Gasteiger partial charge in [0.05, 0.1) is 29.3 Å². The fourth-order valence-electron chi connectivity index (χ4n) is 3.34. The van der Waals surface area contributed by atoms with Crippen LogP contribution < -0.4 is 9.64 Å². The van der Waals surface area contributed by atoms with Crippen molar-refractivity contribution in [3.8, 4) is 5.75 Å². The quantitative estimate of drug-likeness (QED) is 0.669. The Morgan fingerprint density at radius 3 is 2.81 bits per heavy atom. The first-order chi connectivity index (χ1) is 9.87. The van der Waals surface area contributed by atoms with Crippen LogP contribution in [-0.2, 0) is 0 Å². The molecule has 2 aliphatic rings. The zero-order valence-corrected chi connectivity index (χ0v) is 12.3. The predicted molar refractivity (Wildman–Crippen MR) is 78.8 cm³/mol. The van der Waals surface area contributed by atoms with Crippen molar-refractivity contribution >= 4 is 11.4 Å². The van der Waals surface area contributed by atoms with Crippen LogP contribution in [0.2, 0.25) is 0 Å². The summed E-state index contributed by atoms with van der Waals surface area (Å²) in [6.07, 6.45) is 2.28. The maximum Gasteiger partial charge on any atom is 0.271 e. The van der Waals surface area contributed by atoms with Crippen molar-refractivity contribution in [3.05, 3.63) is 28.3 Å². The van der Waals surface area contributed by atoms with Gasteiger partial charge in [-0.15, -0.1) is 0 Å². The summed E-state index contributed by atoms with van der Waals surface area (Å²) in [7, 11) is 0. The number of anilines is 1. The van der Waals surface area contributed by atoms with Crippen LogP contribution >= 0.6 is 0 Å². The molecule has 21 heavy (non-hydrogen) atoms. The average Bonchev–Trinajstić information content (AvgIpc) is 2.82. The molecular formula is C15H20N2O4. The Balaban J connectivity index is 2.04. The van der Waals surface area contributed by atoms with Crippen LogP contribution in [0, 0.1) is 10.1 Å². The van der Waals surface area contributed by atoms with E-state index in [9.17, 15) is 15.2 Å². The minimum absolute atomic E-state index is 0.00827. The summed E-state index contributed by atoms with van der Waals surface area (Å²) >= 11 is 0. The molecular weight excluding hydrogens is 272 g/mol. The molecule has 0 bridgehead atoms. The van der Waals surface area contributed by atoms with Gasteiger partial charge in [0.25, 0.3) is 5.69 Å². The van der Waals surface area contributed by atoms with Crippen molar-refractivity contribution in [3.63, 3.8) is 0 Å². The van der Waals surface area contributed by atoms with E-state index in [-0.39, 0.29) is 23.4 Å². The molecule has 0 spiro atoms. The Labute approximate surface area is 123 Å². The third-order valence-corrected chi connectivity index (χ3v) is 4.24. The first-order valence-electron chi connectivity index (χ1n) is 7.29. The molecule has 1 aliphatic carbocycles. The molecule has 6 nitrogen and oxygen atoms in total. The van der Waals surface area contributed by atoms with Gasteiger partial charge in [-0.1, -0.05) is 0 Å². The van der Waals surface area contributed by atoms with E-state index in [0.29, 0.717) is 12.3 Å². The largest absolute Gasteiger partial charge is 0.484 e. The number of aliphatic hydroxyl groups is 1. The van der Waals surface area contributed by atoms with Crippen molar-refractivity contribution in [2.45, 2.75) is 50.9 Å². The van der Waals surface area contributed by atoms with E-state index >= 15 is 0 Å². The third kappa shape index (κ3) is 2.55. The lowest BCUT2D eigenvalue weighted by Crippen LogP contribution is -2.53. The second-order valence-corrected chi connectivity index (χ2v) is 6.46. The van der Waals surface area contributed by atoms with E-state index in [4.69, 9.17) is 4.74 Å². The number of ether oxygens (including phenoxy) is 1. The SMILES string of the molecule is CC1(C)CN([C@H]2CCC[C@@H]2O)c2cc([N+](=O)[O-])ccc2O1. The number of nitrogens with zero attached hydrogens (tertiary/aromatic N) is 2. The van der Waals surface area contributed by atoms with Crippen LogP contribution in [0.15, 0.2) is 18.2 Å². The minimum Gasteiger partial charge on any atom is -0.484 e. The van der Waals surface area contributed by atoms with Gasteiger partial charge in [0.1, 0.15) is 11.4 Å². The highest BCUT2D eigenvalue weighted by Gasteiger charge is 2.40. The topological polar surface area (TPSA) is 75.8 Å². The highest BCUT2D eigenvalue weighted by molar-refractivity contribution is 5.65. The normalized spacial score (nSPS) is 27.1. The highest BCUT2D eigenvalue weighted by Crippen LogP contribution is 2.42.